The van der Waals surface area contributed by atoms with Gasteiger partial charge in [-0.05, 0) is 18.8 Å². The number of thioether (sulfide) groups is 1. The molecule has 0 amide bonds. The van der Waals surface area contributed by atoms with Crippen LogP contribution in [0.25, 0.3) is 0 Å². The van der Waals surface area contributed by atoms with Crippen LogP contribution in [0.4, 0.5) is 0 Å². The number of hydrogen-bond donors (Lipinski definition) is 1. The number of hydrogen-bond acceptors (Lipinski definition) is 3. The fourth-order valence-corrected chi connectivity index (χ4v) is 3.37. The lowest BCUT2D eigenvalue weighted by molar-refractivity contribution is 0.319. The second-order valence-corrected chi connectivity index (χ2v) is 5.68. The lowest BCUT2D eigenvalue weighted by Gasteiger charge is -2.27. The first-order chi connectivity index (χ1) is 7.77. The highest BCUT2D eigenvalue weighted by Crippen LogP contribution is 2.28. The summed E-state index contributed by atoms with van der Waals surface area (Å²) in [5, 5.41) is 1.08. The molecule has 1 aliphatic carbocycles. The zero-order chi connectivity index (χ0) is 11.4. The Labute approximate surface area is 102 Å². The number of rotatable bonds is 4. The van der Waals surface area contributed by atoms with Crippen molar-refractivity contribution in [2.24, 2.45) is 18.7 Å². The van der Waals surface area contributed by atoms with Crippen LogP contribution in [-0.2, 0) is 7.05 Å². The Bertz CT molecular complexity index is 318. The molecule has 1 fully saturated rings. The van der Waals surface area contributed by atoms with Crippen molar-refractivity contribution in [2.75, 3.05) is 5.75 Å². The van der Waals surface area contributed by atoms with E-state index in [2.05, 4.69) is 9.55 Å². The van der Waals surface area contributed by atoms with Crippen LogP contribution in [0.2, 0.25) is 0 Å². The summed E-state index contributed by atoms with van der Waals surface area (Å²) in [6, 6.07) is 0.335. The van der Waals surface area contributed by atoms with Gasteiger partial charge in [-0.15, -0.1) is 0 Å². The van der Waals surface area contributed by atoms with Gasteiger partial charge in [-0.1, -0.05) is 31.0 Å². The van der Waals surface area contributed by atoms with Crippen molar-refractivity contribution in [3.63, 3.8) is 0 Å². The summed E-state index contributed by atoms with van der Waals surface area (Å²) in [7, 11) is 2.03. The average molecular weight is 239 g/mol. The zero-order valence-corrected chi connectivity index (χ0v) is 10.7. The van der Waals surface area contributed by atoms with E-state index in [-0.39, 0.29) is 0 Å². The highest BCUT2D eigenvalue weighted by Gasteiger charge is 2.20. The van der Waals surface area contributed by atoms with Crippen LogP contribution in [0.5, 0.6) is 0 Å². The van der Waals surface area contributed by atoms with Crippen LogP contribution in [0.15, 0.2) is 17.6 Å². The second kappa shape index (κ2) is 5.73. The lowest BCUT2D eigenvalue weighted by atomic mass is 9.85. The maximum Gasteiger partial charge on any atom is 0.167 e. The summed E-state index contributed by atoms with van der Waals surface area (Å²) in [5.41, 5.74) is 6.26. The third kappa shape index (κ3) is 3.01. The minimum Gasteiger partial charge on any atom is -0.329 e. The molecular weight excluding hydrogens is 218 g/mol. The van der Waals surface area contributed by atoms with Crippen molar-refractivity contribution in [1.29, 1.82) is 0 Å². The third-order valence-corrected chi connectivity index (χ3v) is 4.64. The van der Waals surface area contributed by atoms with Gasteiger partial charge in [-0.25, -0.2) is 4.98 Å². The fourth-order valence-electron chi connectivity index (χ4n) is 2.36. The monoisotopic (exact) mass is 239 g/mol. The van der Waals surface area contributed by atoms with E-state index in [0.717, 1.165) is 16.8 Å². The molecule has 0 aliphatic heterocycles. The smallest absolute Gasteiger partial charge is 0.167 e. The van der Waals surface area contributed by atoms with Gasteiger partial charge in [0.15, 0.2) is 5.16 Å². The van der Waals surface area contributed by atoms with Gasteiger partial charge in [0.05, 0.1) is 0 Å². The minimum atomic E-state index is 0.335. The van der Waals surface area contributed by atoms with Crippen molar-refractivity contribution in [1.82, 2.24) is 9.55 Å². The zero-order valence-electron chi connectivity index (χ0n) is 9.93. The molecular formula is C12H21N3S. The van der Waals surface area contributed by atoms with Gasteiger partial charge in [0.25, 0.3) is 0 Å². The van der Waals surface area contributed by atoms with E-state index in [9.17, 15) is 0 Å². The molecule has 90 valence electrons. The van der Waals surface area contributed by atoms with Crippen LogP contribution in [-0.4, -0.2) is 21.3 Å². The van der Waals surface area contributed by atoms with Crippen molar-refractivity contribution in [2.45, 2.75) is 43.3 Å². The Balaban J connectivity index is 1.78. The van der Waals surface area contributed by atoms with E-state index in [1.807, 2.05) is 19.4 Å². The number of imidazole rings is 1. The first-order valence-electron chi connectivity index (χ1n) is 6.13. The summed E-state index contributed by atoms with van der Waals surface area (Å²) in [6.07, 6.45) is 10.6. The molecule has 0 spiro atoms. The maximum atomic E-state index is 6.26. The van der Waals surface area contributed by atoms with Gasteiger partial charge in [-0.2, -0.15) is 0 Å². The molecule has 0 bridgehead atoms. The lowest BCUT2D eigenvalue weighted by Crippen LogP contribution is -2.33. The largest absolute Gasteiger partial charge is 0.329 e. The molecule has 0 aromatic carbocycles. The molecule has 1 saturated carbocycles. The average Bonchev–Trinajstić information content (AvgIpc) is 2.73. The Morgan fingerprint density at radius 3 is 2.88 bits per heavy atom. The molecule has 1 aromatic rings. The first-order valence-corrected chi connectivity index (χ1v) is 7.11. The second-order valence-electron chi connectivity index (χ2n) is 4.69. The number of nitrogens with zero attached hydrogens (tertiary/aromatic N) is 2. The van der Waals surface area contributed by atoms with Gasteiger partial charge < -0.3 is 10.3 Å². The number of aryl methyl sites for hydroxylation is 1. The molecule has 2 N–H and O–H groups in total. The van der Waals surface area contributed by atoms with E-state index < -0.39 is 0 Å². The topological polar surface area (TPSA) is 43.8 Å². The van der Waals surface area contributed by atoms with Crippen molar-refractivity contribution >= 4 is 11.8 Å². The molecule has 16 heavy (non-hydrogen) atoms. The van der Waals surface area contributed by atoms with Crippen molar-refractivity contribution in [3.05, 3.63) is 12.4 Å². The molecule has 2 rings (SSSR count). The van der Waals surface area contributed by atoms with Crippen molar-refractivity contribution < 1.29 is 0 Å². The van der Waals surface area contributed by atoms with Crippen LogP contribution in [0.3, 0.4) is 0 Å². The molecule has 1 heterocycles. The summed E-state index contributed by atoms with van der Waals surface area (Å²) in [6.45, 7) is 0. The maximum absolute atomic E-state index is 6.26. The first kappa shape index (κ1) is 12.0. The standard InChI is InChI=1S/C12H21N3S/c1-15-8-7-14-12(15)16-9-11(13)10-5-3-2-4-6-10/h7-8,10-11H,2-6,9,13H2,1H3. The Morgan fingerprint density at radius 1 is 1.50 bits per heavy atom. The summed E-state index contributed by atoms with van der Waals surface area (Å²) >= 11 is 1.78. The molecule has 1 atom stereocenters. The highest BCUT2D eigenvalue weighted by molar-refractivity contribution is 7.99. The van der Waals surface area contributed by atoms with Crippen molar-refractivity contribution in [3.8, 4) is 0 Å². The van der Waals surface area contributed by atoms with Gasteiger partial charge in [0.2, 0.25) is 0 Å². The molecule has 0 radical (unpaired) electrons. The van der Waals surface area contributed by atoms with Gasteiger partial charge in [0, 0.05) is 31.2 Å². The summed E-state index contributed by atoms with van der Waals surface area (Å²) in [4.78, 5) is 4.30. The van der Waals surface area contributed by atoms with E-state index in [1.54, 1.807) is 11.8 Å². The normalized spacial score (nSPS) is 19.9. The van der Waals surface area contributed by atoms with E-state index in [1.165, 1.54) is 32.1 Å². The Kier molecular flexibility index (Phi) is 4.29. The summed E-state index contributed by atoms with van der Waals surface area (Å²) in [5.74, 6) is 1.73. The molecule has 1 aliphatic rings. The predicted octanol–water partition coefficient (Wildman–Crippen LogP) is 2.42. The number of nitrogens with two attached hydrogens (primary N) is 1. The Hall–Kier alpha value is -0.480. The number of aromatic nitrogens is 2. The minimum absolute atomic E-state index is 0.335. The molecule has 1 unspecified atom stereocenters. The molecule has 3 nitrogen and oxygen atoms in total. The highest BCUT2D eigenvalue weighted by atomic mass is 32.2. The summed E-state index contributed by atoms with van der Waals surface area (Å²) < 4.78 is 2.05. The third-order valence-electron chi connectivity index (χ3n) is 3.44. The van der Waals surface area contributed by atoms with Crippen LogP contribution in [0, 0.1) is 5.92 Å². The molecule has 1 aromatic heterocycles. The quantitative estimate of drug-likeness (QED) is 0.821. The van der Waals surface area contributed by atoms with E-state index >= 15 is 0 Å². The van der Waals surface area contributed by atoms with E-state index in [0.29, 0.717) is 6.04 Å². The van der Waals surface area contributed by atoms with Crippen LogP contribution < -0.4 is 5.73 Å². The Morgan fingerprint density at radius 2 is 2.25 bits per heavy atom. The molecule has 4 heteroatoms. The SMILES string of the molecule is Cn1ccnc1SCC(N)C1CCCCC1. The molecule has 0 saturated heterocycles. The van der Waals surface area contributed by atoms with E-state index in [4.69, 9.17) is 5.73 Å². The van der Waals surface area contributed by atoms with Gasteiger partial charge >= 0.3 is 0 Å². The fraction of sp³-hybridized carbons (Fsp3) is 0.750. The van der Waals surface area contributed by atoms with Gasteiger partial charge in [0.1, 0.15) is 0 Å². The predicted molar refractivity (Wildman–Crippen MR) is 68.5 cm³/mol. The van der Waals surface area contributed by atoms with Crippen LogP contribution >= 0.6 is 11.8 Å². The van der Waals surface area contributed by atoms with Gasteiger partial charge in [-0.3, -0.25) is 0 Å². The van der Waals surface area contributed by atoms with Crippen LogP contribution in [0.1, 0.15) is 32.1 Å².